The number of hydrogen-bond donors (Lipinski definition) is 2. The molecule has 0 bridgehead atoms. The summed E-state index contributed by atoms with van der Waals surface area (Å²) in [6.45, 7) is 2.14. The van der Waals surface area contributed by atoms with Crippen LogP contribution in [-0.4, -0.2) is 19.5 Å². The molecule has 0 aliphatic rings. The standard InChI is InChI=1S/C12H16F2N2O/c1-8(16-7-6-11(17)15-2)9-4-3-5-10(13)12(9)14/h3-5,8,16H,6-7H2,1-2H3,(H,15,17). The molecule has 0 saturated carbocycles. The Bertz CT molecular complexity index is 396. The van der Waals surface area contributed by atoms with Crippen LogP contribution >= 0.6 is 0 Å². The van der Waals surface area contributed by atoms with E-state index < -0.39 is 11.6 Å². The molecular weight excluding hydrogens is 226 g/mol. The Labute approximate surface area is 99.2 Å². The van der Waals surface area contributed by atoms with Crippen molar-refractivity contribution in [3.8, 4) is 0 Å². The summed E-state index contributed by atoms with van der Waals surface area (Å²) in [7, 11) is 1.55. The third kappa shape index (κ3) is 3.78. The lowest BCUT2D eigenvalue weighted by Gasteiger charge is -2.14. The highest BCUT2D eigenvalue weighted by Crippen LogP contribution is 2.18. The molecule has 0 saturated heterocycles. The van der Waals surface area contributed by atoms with Crippen molar-refractivity contribution in [3.63, 3.8) is 0 Å². The zero-order valence-corrected chi connectivity index (χ0v) is 9.89. The minimum absolute atomic E-state index is 0.0931. The van der Waals surface area contributed by atoms with E-state index in [-0.39, 0.29) is 17.5 Å². The molecule has 1 amide bonds. The zero-order valence-electron chi connectivity index (χ0n) is 9.89. The van der Waals surface area contributed by atoms with Gasteiger partial charge in [-0.05, 0) is 13.0 Å². The van der Waals surface area contributed by atoms with E-state index in [9.17, 15) is 13.6 Å². The van der Waals surface area contributed by atoms with Crippen molar-refractivity contribution < 1.29 is 13.6 Å². The lowest BCUT2D eigenvalue weighted by molar-refractivity contribution is -0.120. The van der Waals surface area contributed by atoms with E-state index in [1.807, 2.05) is 0 Å². The molecule has 1 atom stereocenters. The molecule has 17 heavy (non-hydrogen) atoms. The second-order valence-corrected chi connectivity index (χ2v) is 3.74. The smallest absolute Gasteiger partial charge is 0.221 e. The van der Waals surface area contributed by atoms with E-state index in [0.29, 0.717) is 13.0 Å². The first-order chi connectivity index (χ1) is 8.06. The summed E-state index contributed by atoms with van der Waals surface area (Å²) in [5.41, 5.74) is 0.266. The number of nitrogens with one attached hydrogen (secondary N) is 2. The molecule has 1 rings (SSSR count). The van der Waals surface area contributed by atoms with Crippen molar-refractivity contribution in [2.75, 3.05) is 13.6 Å². The number of halogens is 2. The van der Waals surface area contributed by atoms with Crippen molar-refractivity contribution in [3.05, 3.63) is 35.4 Å². The molecule has 0 aliphatic heterocycles. The Hall–Kier alpha value is -1.49. The molecule has 0 aliphatic carbocycles. The SMILES string of the molecule is CNC(=O)CCNC(C)c1cccc(F)c1F. The van der Waals surface area contributed by atoms with Crippen LogP contribution in [0.4, 0.5) is 8.78 Å². The number of carbonyl (C=O) groups is 1. The van der Waals surface area contributed by atoms with Gasteiger partial charge >= 0.3 is 0 Å². The average Bonchev–Trinajstić information content (AvgIpc) is 2.32. The molecule has 1 aromatic carbocycles. The minimum Gasteiger partial charge on any atom is -0.359 e. The molecule has 1 aromatic rings. The van der Waals surface area contributed by atoms with Gasteiger partial charge in [0.2, 0.25) is 5.91 Å². The van der Waals surface area contributed by atoms with Gasteiger partial charge in [0.05, 0.1) is 0 Å². The maximum Gasteiger partial charge on any atom is 0.221 e. The van der Waals surface area contributed by atoms with E-state index in [1.165, 1.54) is 12.1 Å². The third-order valence-electron chi connectivity index (χ3n) is 2.53. The molecule has 0 spiro atoms. The summed E-state index contributed by atoms with van der Waals surface area (Å²) in [5, 5.41) is 5.45. The topological polar surface area (TPSA) is 41.1 Å². The van der Waals surface area contributed by atoms with Gasteiger partial charge in [-0.15, -0.1) is 0 Å². The van der Waals surface area contributed by atoms with Gasteiger partial charge < -0.3 is 10.6 Å². The van der Waals surface area contributed by atoms with Crippen LogP contribution in [0.15, 0.2) is 18.2 Å². The number of rotatable bonds is 5. The van der Waals surface area contributed by atoms with E-state index in [0.717, 1.165) is 6.07 Å². The van der Waals surface area contributed by atoms with Gasteiger partial charge in [0.25, 0.3) is 0 Å². The highest BCUT2D eigenvalue weighted by molar-refractivity contribution is 5.75. The Balaban J connectivity index is 2.55. The van der Waals surface area contributed by atoms with Crippen molar-refractivity contribution >= 4 is 5.91 Å². The average molecular weight is 242 g/mol. The first kappa shape index (κ1) is 13.6. The second kappa shape index (κ2) is 6.30. The molecular formula is C12H16F2N2O. The monoisotopic (exact) mass is 242 g/mol. The predicted molar refractivity (Wildman–Crippen MR) is 61.5 cm³/mol. The lowest BCUT2D eigenvalue weighted by Crippen LogP contribution is -2.27. The van der Waals surface area contributed by atoms with Crippen molar-refractivity contribution in [1.82, 2.24) is 10.6 Å². The molecule has 0 fully saturated rings. The maximum absolute atomic E-state index is 13.4. The summed E-state index contributed by atoms with van der Waals surface area (Å²) in [6.07, 6.45) is 0.303. The van der Waals surface area contributed by atoms with E-state index >= 15 is 0 Å². The molecule has 94 valence electrons. The summed E-state index contributed by atoms with van der Waals surface area (Å²) < 4.78 is 26.4. The summed E-state index contributed by atoms with van der Waals surface area (Å²) in [5.74, 6) is -1.79. The van der Waals surface area contributed by atoms with Crippen LogP contribution in [0, 0.1) is 11.6 Å². The van der Waals surface area contributed by atoms with Crippen LogP contribution in [0.3, 0.4) is 0 Å². The van der Waals surface area contributed by atoms with Crippen LogP contribution in [0.25, 0.3) is 0 Å². The van der Waals surface area contributed by atoms with Crippen molar-refractivity contribution in [2.24, 2.45) is 0 Å². The largest absolute Gasteiger partial charge is 0.359 e. The molecule has 0 radical (unpaired) electrons. The van der Waals surface area contributed by atoms with Gasteiger partial charge in [-0.25, -0.2) is 8.78 Å². The van der Waals surface area contributed by atoms with Crippen molar-refractivity contribution in [2.45, 2.75) is 19.4 Å². The first-order valence-corrected chi connectivity index (χ1v) is 5.44. The fraction of sp³-hybridized carbons (Fsp3) is 0.417. The van der Waals surface area contributed by atoms with Crippen LogP contribution in [-0.2, 0) is 4.79 Å². The van der Waals surface area contributed by atoms with Crippen LogP contribution in [0.1, 0.15) is 24.9 Å². The van der Waals surface area contributed by atoms with Crippen LogP contribution in [0.5, 0.6) is 0 Å². The first-order valence-electron chi connectivity index (χ1n) is 5.44. The number of amides is 1. The van der Waals surface area contributed by atoms with Gasteiger partial charge in [-0.1, -0.05) is 12.1 Å². The molecule has 1 unspecified atom stereocenters. The van der Waals surface area contributed by atoms with E-state index in [2.05, 4.69) is 10.6 Å². The Morgan fingerprint density at radius 1 is 1.41 bits per heavy atom. The van der Waals surface area contributed by atoms with E-state index in [4.69, 9.17) is 0 Å². The van der Waals surface area contributed by atoms with Gasteiger partial charge in [0, 0.05) is 31.6 Å². The highest BCUT2D eigenvalue weighted by Gasteiger charge is 2.13. The number of hydrogen-bond acceptors (Lipinski definition) is 2. The Morgan fingerprint density at radius 2 is 2.12 bits per heavy atom. The van der Waals surface area contributed by atoms with Gasteiger partial charge in [0.15, 0.2) is 11.6 Å². The van der Waals surface area contributed by atoms with E-state index in [1.54, 1.807) is 14.0 Å². The third-order valence-corrected chi connectivity index (χ3v) is 2.53. The fourth-order valence-electron chi connectivity index (χ4n) is 1.49. The predicted octanol–water partition coefficient (Wildman–Crippen LogP) is 1.75. The van der Waals surface area contributed by atoms with Gasteiger partial charge in [-0.2, -0.15) is 0 Å². The van der Waals surface area contributed by atoms with Gasteiger partial charge in [0.1, 0.15) is 0 Å². The quantitative estimate of drug-likeness (QED) is 0.826. The Morgan fingerprint density at radius 3 is 2.76 bits per heavy atom. The normalized spacial score (nSPS) is 12.2. The number of benzene rings is 1. The summed E-state index contributed by atoms with van der Waals surface area (Å²) >= 11 is 0. The lowest BCUT2D eigenvalue weighted by atomic mass is 10.1. The molecule has 0 heterocycles. The maximum atomic E-state index is 13.4. The van der Waals surface area contributed by atoms with Gasteiger partial charge in [-0.3, -0.25) is 4.79 Å². The second-order valence-electron chi connectivity index (χ2n) is 3.74. The fourth-order valence-corrected chi connectivity index (χ4v) is 1.49. The van der Waals surface area contributed by atoms with Crippen LogP contribution < -0.4 is 10.6 Å². The molecule has 5 heteroatoms. The molecule has 3 nitrogen and oxygen atoms in total. The summed E-state index contributed by atoms with van der Waals surface area (Å²) in [6, 6.07) is 3.73. The highest BCUT2D eigenvalue weighted by atomic mass is 19.2. The zero-order chi connectivity index (χ0) is 12.8. The van der Waals surface area contributed by atoms with Crippen molar-refractivity contribution in [1.29, 1.82) is 0 Å². The molecule has 0 aromatic heterocycles. The summed E-state index contributed by atoms with van der Waals surface area (Å²) in [4.78, 5) is 11.0. The minimum atomic E-state index is -0.859. The van der Waals surface area contributed by atoms with Crippen LogP contribution in [0.2, 0.25) is 0 Å². The number of carbonyl (C=O) groups excluding carboxylic acids is 1. The molecule has 2 N–H and O–H groups in total. The Kier molecular flexibility index (Phi) is 5.03.